The number of fused-ring (bicyclic) bond motifs is 1. The Labute approximate surface area is 185 Å². The summed E-state index contributed by atoms with van der Waals surface area (Å²) in [7, 11) is 0. The van der Waals surface area contributed by atoms with Gasteiger partial charge >= 0.3 is 17.4 Å². The number of carbonyl (C=O) groups excluding carboxylic acids is 2. The third-order valence-corrected chi connectivity index (χ3v) is 6.44. The Balaban J connectivity index is 1.66. The topological polar surface area (TPSA) is 58.2 Å². The number of benzene rings is 2. The standard InChI is InChI=1S/C19H13F7N2O2S2/c20-17(21,18(22,23)24)19(25,26)32-11-5-3-4-10(8-11)27-15(29)9-14-16(30)28-12-6-1-2-7-13(12)31-14/h1-8,14H,9H2,(H,27,29)(H,28,30). The zero-order chi connectivity index (χ0) is 23.7. The van der Waals surface area contributed by atoms with Crippen LogP contribution in [0.2, 0.25) is 0 Å². The van der Waals surface area contributed by atoms with Crippen LogP contribution in [0.5, 0.6) is 0 Å². The highest BCUT2D eigenvalue weighted by Crippen LogP contribution is 2.54. The van der Waals surface area contributed by atoms with E-state index < -0.39 is 51.1 Å². The number of anilines is 2. The van der Waals surface area contributed by atoms with Crippen LogP contribution < -0.4 is 10.6 Å². The van der Waals surface area contributed by atoms with Crippen LogP contribution in [-0.4, -0.2) is 34.4 Å². The van der Waals surface area contributed by atoms with Gasteiger partial charge in [-0.2, -0.15) is 30.7 Å². The summed E-state index contributed by atoms with van der Waals surface area (Å²) in [6, 6.07) is 11.0. The average Bonchev–Trinajstić information content (AvgIpc) is 2.67. The first-order valence-corrected chi connectivity index (χ1v) is 10.5. The molecule has 172 valence electrons. The maximum Gasteiger partial charge on any atom is 0.460 e. The van der Waals surface area contributed by atoms with E-state index in [9.17, 15) is 40.3 Å². The quantitative estimate of drug-likeness (QED) is 0.378. The minimum Gasteiger partial charge on any atom is -0.326 e. The van der Waals surface area contributed by atoms with E-state index in [2.05, 4.69) is 10.6 Å². The minimum absolute atomic E-state index is 0.104. The molecule has 4 nitrogen and oxygen atoms in total. The molecule has 32 heavy (non-hydrogen) atoms. The Morgan fingerprint density at radius 2 is 1.72 bits per heavy atom. The Kier molecular flexibility index (Phi) is 6.70. The second kappa shape index (κ2) is 8.85. The van der Waals surface area contributed by atoms with Gasteiger partial charge in [0.15, 0.2) is 0 Å². The molecule has 0 fully saturated rings. The fourth-order valence-electron chi connectivity index (χ4n) is 2.62. The number of hydrogen-bond donors (Lipinski definition) is 2. The van der Waals surface area contributed by atoms with Crippen molar-refractivity contribution in [2.24, 2.45) is 0 Å². The zero-order valence-electron chi connectivity index (χ0n) is 15.7. The van der Waals surface area contributed by atoms with Crippen LogP contribution in [0.1, 0.15) is 6.42 Å². The van der Waals surface area contributed by atoms with Gasteiger partial charge in [-0.15, -0.1) is 11.8 Å². The lowest BCUT2D eigenvalue weighted by Crippen LogP contribution is -2.49. The summed E-state index contributed by atoms with van der Waals surface area (Å²) < 4.78 is 90.3. The summed E-state index contributed by atoms with van der Waals surface area (Å²) >= 11 is 0.180. The molecular formula is C19H13F7N2O2S2. The summed E-state index contributed by atoms with van der Waals surface area (Å²) in [6.07, 6.45) is -6.73. The monoisotopic (exact) mass is 498 g/mol. The third kappa shape index (κ3) is 5.14. The highest BCUT2D eigenvalue weighted by molar-refractivity contribution is 8.01. The molecule has 2 aromatic carbocycles. The van der Waals surface area contributed by atoms with E-state index >= 15 is 0 Å². The lowest BCUT2D eigenvalue weighted by Gasteiger charge is -2.27. The van der Waals surface area contributed by atoms with E-state index in [-0.39, 0.29) is 12.1 Å². The zero-order valence-corrected chi connectivity index (χ0v) is 17.3. The predicted octanol–water partition coefficient (Wildman–Crippen LogP) is 6.01. The van der Waals surface area contributed by atoms with E-state index in [4.69, 9.17) is 0 Å². The molecule has 0 radical (unpaired) electrons. The SMILES string of the molecule is O=C(CC1Sc2ccccc2NC1=O)Nc1cccc(SC(F)(F)C(F)(F)C(F)(F)F)c1. The van der Waals surface area contributed by atoms with E-state index in [0.717, 1.165) is 34.9 Å². The molecule has 1 aliphatic heterocycles. The van der Waals surface area contributed by atoms with Crippen molar-refractivity contribution in [3.63, 3.8) is 0 Å². The molecule has 1 atom stereocenters. The molecule has 3 rings (SSSR count). The van der Waals surface area contributed by atoms with Gasteiger partial charge in [0.05, 0.1) is 10.9 Å². The summed E-state index contributed by atoms with van der Waals surface area (Å²) in [4.78, 5) is 24.6. The average molecular weight is 498 g/mol. The number of rotatable bonds is 6. The molecule has 1 heterocycles. The first-order chi connectivity index (χ1) is 14.8. The second-order valence-electron chi connectivity index (χ2n) is 6.56. The van der Waals surface area contributed by atoms with Gasteiger partial charge < -0.3 is 10.6 Å². The molecule has 2 amide bonds. The number of alkyl halides is 7. The van der Waals surface area contributed by atoms with Crippen molar-refractivity contribution < 1.29 is 40.3 Å². The van der Waals surface area contributed by atoms with Crippen molar-refractivity contribution in [1.82, 2.24) is 0 Å². The molecule has 1 unspecified atom stereocenters. The minimum atomic E-state index is -6.44. The van der Waals surface area contributed by atoms with Crippen molar-refractivity contribution in [2.45, 2.75) is 38.8 Å². The highest BCUT2D eigenvalue weighted by atomic mass is 32.2. The molecule has 0 saturated heterocycles. The van der Waals surface area contributed by atoms with Crippen LogP contribution in [0.25, 0.3) is 0 Å². The van der Waals surface area contributed by atoms with Gasteiger partial charge in [-0.25, -0.2) is 0 Å². The van der Waals surface area contributed by atoms with Crippen molar-refractivity contribution >= 4 is 46.7 Å². The number of hydrogen-bond acceptors (Lipinski definition) is 4. The van der Waals surface area contributed by atoms with E-state index in [1.165, 1.54) is 6.07 Å². The molecule has 1 aliphatic rings. The highest BCUT2D eigenvalue weighted by Gasteiger charge is 2.73. The fraction of sp³-hybridized carbons (Fsp3) is 0.263. The molecule has 0 aliphatic carbocycles. The Bertz CT molecular complexity index is 1030. The maximum absolute atomic E-state index is 13.6. The first kappa shape index (κ1) is 24.2. The van der Waals surface area contributed by atoms with Crippen LogP contribution in [0.4, 0.5) is 42.1 Å². The first-order valence-electron chi connectivity index (χ1n) is 8.78. The molecular weight excluding hydrogens is 485 g/mol. The molecule has 2 N–H and O–H groups in total. The molecule has 0 spiro atoms. The van der Waals surface area contributed by atoms with Crippen LogP contribution in [-0.2, 0) is 9.59 Å². The third-order valence-electron chi connectivity index (χ3n) is 4.16. The van der Waals surface area contributed by atoms with Gasteiger partial charge in [0.1, 0.15) is 0 Å². The number of para-hydroxylation sites is 1. The maximum atomic E-state index is 13.6. The smallest absolute Gasteiger partial charge is 0.326 e. The van der Waals surface area contributed by atoms with Gasteiger partial charge in [0.2, 0.25) is 11.8 Å². The lowest BCUT2D eigenvalue weighted by molar-refractivity contribution is -0.330. The van der Waals surface area contributed by atoms with Crippen LogP contribution in [0.3, 0.4) is 0 Å². The Morgan fingerprint density at radius 3 is 2.41 bits per heavy atom. The normalized spacial score (nSPS) is 16.8. The van der Waals surface area contributed by atoms with Gasteiger partial charge in [0, 0.05) is 21.9 Å². The van der Waals surface area contributed by atoms with Crippen molar-refractivity contribution in [1.29, 1.82) is 0 Å². The number of carbonyl (C=O) groups is 2. The molecule has 2 aromatic rings. The second-order valence-corrected chi connectivity index (χ2v) is 9.00. The van der Waals surface area contributed by atoms with Crippen LogP contribution in [0, 0.1) is 0 Å². The fourth-order valence-corrected chi connectivity index (χ4v) is 4.60. The summed E-state index contributed by atoms with van der Waals surface area (Å²) in [6.45, 7) is 0. The Morgan fingerprint density at radius 1 is 1.03 bits per heavy atom. The van der Waals surface area contributed by atoms with Gasteiger partial charge in [-0.1, -0.05) is 18.2 Å². The van der Waals surface area contributed by atoms with E-state index in [1.807, 2.05) is 0 Å². The van der Waals surface area contributed by atoms with E-state index in [1.54, 1.807) is 24.3 Å². The lowest BCUT2D eigenvalue weighted by atomic mass is 10.2. The number of thioether (sulfide) groups is 2. The van der Waals surface area contributed by atoms with E-state index in [0.29, 0.717) is 5.69 Å². The van der Waals surface area contributed by atoms with Crippen molar-refractivity contribution in [3.05, 3.63) is 48.5 Å². The largest absolute Gasteiger partial charge is 0.460 e. The predicted molar refractivity (Wildman–Crippen MR) is 106 cm³/mol. The number of amides is 2. The van der Waals surface area contributed by atoms with Crippen LogP contribution in [0.15, 0.2) is 58.3 Å². The molecule has 13 heteroatoms. The summed E-state index contributed by atoms with van der Waals surface area (Å²) in [5.74, 6) is -7.35. The Hall–Kier alpha value is -2.41. The van der Waals surface area contributed by atoms with Gasteiger partial charge in [-0.3, -0.25) is 9.59 Å². The van der Waals surface area contributed by atoms with Gasteiger partial charge in [-0.05, 0) is 42.1 Å². The van der Waals surface area contributed by atoms with Crippen LogP contribution >= 0.6 is 23.5 Å². The summed E-state index contributed by atoms with van der Waals surface area (Å²) in [5, 5.41) is -1.27. The van der Waals surface area contributed by atoms with Crippen molar-refractivity contribution in [3.8, 4) is 0 Å². The molecule has 0 saturated carbocycles. The number of halogens is 7. The van der Waals surface area contributed by atoms with Gasteiger partial charge in [0.25, 0.3) is 0 Å². The number of nitrogens with one attached hydrogen (secondary N) is 2. The van der Waals surface area contributed by atoms with Crippen molar-refractivity contribution in [2.75, 3.05) is 10.6 Å². The molecule has 0 aromatic heterocycles. The summed E-state index contributed by atoms with van der Waals surface area (Å²) in [5.41, 5.74) is 0.494. The molecule has 0 bridgehead atoms.